The van der Waals surface area contributed by atoms with Crippen LogP contribution in [0.5, 0.6) is 0 Å². The minimum atomic E-state index is -0.478. The lowest BCUT2D eigenvalue weighted by Gasteiger charge is -2.17. The second kappa shape index (κ2) is 8.32. The molecule has 5 nitrogen and oxygen atoms in total. The monoisotopic (exact) mass is 320 g/mol. The van der Waals surface area contributed by atoms with Gasteiger partial charge in [-0.15, -0.1) is 0 Å². The van der Waals surface area contributed by atoms with Gasteiger partial charge in [-0.3, -0.25) is 4.79 Å². The summed E-state index contributed by atoms with van der Waals surface area (Å²) in [5, 5.41) is 3.18. The van der Waals surface area contributed by atoms with Crippen molar-refractivity contribution in [1.82, 2.24) is 5.32 Å². The fraction of sp³-hybridized carbons (Fsp3) is 0.462. The molecule has 1 rings (SSSR count). The van der Waals surface area contributed by atoms with Crippen molar-refractivity contribution in [3.8, 4) is 0 Å². The minimum absolute atomic E-state index is 0.236. The summed E-state index contributed by atoms with van der Waals surface area (Å²) >= 11 is 11.8. The molecule has 0 aliphatic heterocycles. The number of carbonyl (C=O) groups is 1. The molecule has 7 heteroatoms. The van der Waals surface area contributed by atoms with Gasteiger partial charge in [-0.25, -0.2) is 0 Å². The Morgan fingerprint density at radius 2 is 1.75 bits per heavy atom. The first-order valence-corrected chi connectivity index (χ1v) is 7.01. The van der Waals surface area contributed by atoms with Gasteiger partial charge < -0.3 is 20.5 Å². The van der Waals surface area contributed by atoms with Gasteiger partial charge in [0.15, 0.2) is 6.29 Å². The van der Waals surface area contributed by atoms with E-state index in [0.29, 0.717) is 18.8 Å². The molecule has 1 amide bonds. The fourth-order valence-electron chi connectivity index (χ4n) is 1.53. The predicted octanol–water partition coefficient (Wildman–Crippen LogP) is 2.70. The molecular weight excluding hydrogens is 303 g/mol. The van der Waals surface area contributed by atoms with Gasteiger partial charge in [0.2, 0.25) is 0 Å². The van der Waals surface area contributed by atoms with E-state index < -0.39 is 6.29 Å². The molecule has 0 atom stereocenters. The molecule has 0 aromatic heterocycles. The molecule has 3 N–H and O–H groups in total. The molecule has 112 valence electrons. The van der Waals surface area contributed by atoms with Gasteiger partial charge in [-0.2, -0.15) is 0 Å². The lowest BCUT2D eigenvalue weighted by atomic mass is 10.2. The van der Waals surface area contributed by atoms with Crippen molar-refractivity contribution in [1.29, 1.82) is 0 Å². The van der Waals surface area contributed by atoms with E-state index in [1.807, 2.05) is 13.8 Å². The van der Waals surface area contributed by atoms with Crippen LogP contribution in [-0.2, 0) is 9.47 Å². The third-order valence-electron chi connectivity index (χ3n) is 2.48. The van der Waals surface area contributed by atoms with Gasteiger partial charge in [0.1, 0.15) is 0 Å². The molecule has 0 radical (unpaired) electrons. The van der Waals surface area contributed by atoms with Crippen LogP contribution in [-0.4, -0.2) is 32.0 Å². The summed E-state index contributed by atoms with van der Waals surface area (Å²) in [7, 11) is 0. The number of benzene rings is 1. The van der Waals surface area contributed by atoms with E-state index in [2.05, 4.69) is 5.32 Å². The van der Waals surface area contributed by atoms with E-state index >= 15 is 0 Å². The first kappa shape index (κ1) is 17.0. The average molecular weight is 321 g/mol. The summed E-state index contributed by atoms with van der Waals surface area (Å²) in [6, 6.07) is 2.93. The highest BCUT2D eigenvalue weighted by molar-refractivity contribution is 6.39. The molecule has 0 saturated carbocycles. The van der Waals surface area contributed by atoms with Crippen molar-refractivity contribution < 1.29 is 14.3 Å². The molecular formula is C13H18Cl2N2O3. The van der Waals surface area contributed by atoms with Gasteiger partial charge in [0.25, 0.3) is 5.91 Å². The zero-order chi connectivity index (χ0) is 15.1. The molecule has 0 saturated heterocycles. The average Bonchev–Trinajstić information content (AvgIpc) is 2.41. The first-order valence-electron chi connectivity index (χ1n) is 6.25. The molecule has 0 fully saturated rings. The molecule has 0 heterocycles. The van der Waals surface area contributed by atoms with Crippen molar-refractivity contribution in [2.24, 2.45) is 0 Å². The van der Waals surface area contributed by atoms with Gasteiger partial charge in [0, 0.05) is 18.8 Å². The van der Waals surface area contributed by atoms with Crippen LogP contribution in [0.15, 0.2) is 12.1 Å². The summed E-state index contributed by atoms with van der Waals surface area (Å²) in [6.45, 7) is 4.95. The van der Waals surface area contributed by atoms with Gasteiger partial charge in [0.05, 0.1) is 22.3 Å². The maximum atomic E-state index is 12.0. The number of nitrogens with one attached hydrogen (secondary N) is 1. The van der Waals surface area contributed by atoms with Crippen molar-refractivity contribution in [2.45, 2.75) is 20.1 Å². The highest BCUT2D eigenvalue weighted by Gasteiger charge is 2.14. The summed E-state index contributed by atoms with van der Waals surface area (Å²) in [4.78, 5) is 12.0. The summed E-state index contributed by atoms with van der Waals surface area (Å²) in [6.07, 6.45) is -0.478. The van der Waals surface area contributed by atoms with E-state index in [-0.39, 0.29) is 28.2 Å². The third kappa shape index (κ3) is 4.83. The quantitative estimate of drug-likeness (QED) is 0.598. The number of anilines is 1. The van der Waals surface area contributed by atoms with Gasteiger partial charge in [-0.1, -0.05) is 23.2 Å². The third-order valence-corrected chi connectivity index (χ3v) is 3.10. The van der Waals surface area contributed by atoms with Crippen LogP contribution in [0.4, 0.5) is 5.69 Å². The molecule has 1 aromatic rings. The van der Waals surface area contributed by atoms with E-state index in [4.69, 9.17) is 38.4 Å². The van der Waals surface area contributed by atoms with Crippen LogP contribution >= 0.6 is 23.2 Å². The number of nitrogen functional groups attached to an aromatic ring is 1. The number of amides is 1. The molecule has 0 bridgehead atoms. The van der Waals surface area contributed by atoms with Crippen molar-refractivity contribution >= 4 is 34.8 Å². The van der Waals surface area contributed by atoms with Crippen LogP contribution in [0.1, 0.15) is 24.2 Å². The van der Waals surface area contributed by atoms with Crippen LogP contribution < -0.4 is 11.1 Å². The molecule has 0 unspecified atom stereocenters. The maximum Gasteiger partial charge on any atom is 0.251 e. The zero-order valence-corrected chi connectivity index (χ0v) is 12.9. The van der Waals surface area contributed by atoms with Crippen LogP contribution in [0.2, 0.25) is 10.0 Å². The van der Waals surface area contributed by atoms with E-state index in [1.165, 1.54) is 12.1 Å². The number of rotatable bonds is 7. The minimum Gasteiger partial charge on any atom is -0.396 e. The van der Waals surface area contributed by atoms with Crippen LogP contribution in [0.25, 0.3) is 0 Å². The number of carbonyl (C=O) groups excluding carboxylic acids is 1. The standard InChI is InChI=1S/C13H18Cl2N2O3/c1-3-19-11(20-4-2)7-17-13(18)8-5-9(14)12(16)10(15)6-8/h5-6,11H,3-4,7,16H2,1-2H3,(H,17,18). The lowest BCUT2D eigenvalue weighted by molar-refractivity contribution is -0.131. The highest BCUT2D eigenvalue weighted by atomic mass is 35.5. The smallest absolute Gasteiger partial charge is 0.251 e. The summed E-state index contributed by atoms with van der Waals surface area (Å²) in [5.41, 5.74) is 6.21. The molecule has 0 aliphatic carbocycles. The van der Waals surface area contributed by atoms with Crippen molar-refractivity contribution in [3.05, 3.63) is 27.7 Å². The maximum absolute atomic E-state index is 12.0. The van der Waals surface area contributed by atoms with Crippen molar-refractivity contribution in [2.75, 3.05) is 25.5 Å². The summed E-state index contributed by atoms with van der Waals surface area (Å²) in [5.74, 6) is -0.321. The van der Waals surface area contributed by atoms with Crippen LogP contribution in [0.3, 0.4) is 0 Å². The normalized spacial score (nSPS) is 10.8. The lowest BCUT2D eigenvalue weighted by Crippen LogP contribution is -2.35. The molecule has 0 aliphatic rings. The van der Waals surface area contributed by atoms with Crippen molar-refractivity contribution in [3.63, 3.8) is 0 Å². The van der Waals surface area contributed by atoms with Gasteiger partial charge in [-0.05, 0) is 26.0 Å². The second-order valence-corrected chi connectivity index (χ2v) is 4.72. The Balaban J connectivity index is 2.66. The summed E-state index contributed by atoms with van der Waals surface area (Å²) < 4.78 is 10.7. The Morgan fingerprint density at radius 1 is 1.25 bits per heavy atom. The highest BCUT2D eigenvalue weighted by Crippen LogP contribution is 2.28. The number of nitrogens with two attached hydrogens (primary N) is 1. The first-order chi connectivity index (χ1) is 9.49. The Kier molecular flexibility index (Phi) is 7.09. The molecule has 1 aromatic carbocycles. The van der Waals surface area contributed by atoms with Crippen LogP contribution in [0, 0.1) is 0 Å². The number of ether oxygens (including phenoxy) is 2. The van der Waals surface area contributed by atoms with Gasteiger partial charge >= 0.3 is 0 Å². The van der Waals surface area contributed by atoms with E-state index in [1.54, 1.807) is 0 Å². The largest absolute Gasteiger partial charge is 0.396 e. The molecule has 20 heavy (non-hydrogen) atoms. The zero-order valence-electron chi connectivity index (χ0n) is 11.4. The Morgan fingerprint density at radius 3 is 2.20 bits per heavy atom. The fourth-order valence-corrected chi connectivity index (χ4v) is 2.02. The topological polar surface area (TPSA) is 73.6 Å². The Labute approximate surface area is 128 Å². The predicted molar refractivity (Wildman–Crippen MR) is 80.2 cm³/mol. The van der Waals surface area contributed by atoms with E-state index in [9.17, 15) is 4.79 Å². The number of halogens is 2. The second-order valence-electron chi connectivity index (χ2n) is 3.90. The number of hydrogen-bond acceptors (Lipinski definition) is 4. The van der Waals surface area contributed by atoms with E-state index in [0.717, 1.165) is 0 Å². The Bertz CT molecular complexity index is 440. The Hall–Kier alpha value is -1.01. The molecule has 0 spiro atoms. The SMILES string of the molecule is CCOC(CNC(=O)c1cc(Cl)c(N)c(Cl)c1)OCC. The number of hydrogen-bond donors (Lipinski definition) is 2.